The zero-order valence-corrected chi connectivity index (χ0v) is 17.6. The zero-order chi connectivity index (χ0) is 16.7. The van der Waals surface area contributed by atoms with Crippen LogP contribution in [-0.2, 0) is 13.0 Å². The molecule has 6 nitrogen and oxygen atoms in total. The SMILES string of the molecule is CN=C(NCCc1nc(C)c(C)s1)NCc1ccc(OC)nc1.I. The lowest BCUT2D eigenvalue weighted by atomic mass is 10.3. The van der Waals surface area contributed by atoms with Crippen molar-refractivity contribution in [3.05, 3.63) is 39.5 Å². The monoisotopic (exact) mass is 461 g/mol. The summed E-state index contributed by atoms with van der Waals surface area (Å²) in [6.07, 6.45) is 2.68. The lowest BCUT2D eigenvalue weighted by molar-refractivity contribution is 0.397. The molecular weight excluding hydrogens is 437 g/mol. The largest absolute Gasteiger partial charge is 0.481 e. The number of thiazole rings is 1. The molecule has 0 atom stereocenters. The maximum atomic E-state index is 5.05. The van der Waals surface area contributed by atoms with Gasteiger partial charge < -0.3 is 15.4 Å². The Morgan fingerprint density at radius 1 is 1.29 bits per heavy atom. The number of aryl methyl sites for hydroxylation is 2. The Bertz CT molecular complexity index is 637. The minimum atomic E-state index is 0. The summed E-state index contributed by atoms with van der Waals surface area (Å²) in [6.45, 7) is 5.61. The summed E-state index contributed by atoms with van der Waals surface area (Å²) in [5, 5.41) is 7.72. The van der Waals surface area contributed by atoms with Crippen molar-refractivity contribution in [1.29, 1.82) is 0 Å². The normalized spacial score (nSPS) is 10.9. The summed E-state index contributed by atoms with van der Waals surface area (Å²) < 4.78 is 5.05. The van der Waals surface area contributed by atoms with Gasteiger partial charge in [-0.15, -0.1) is 35.3 Å². The first-order chi connectivity index (χ1) is 11.1. The van der Waals surface area contributed by atoms with Crippen molar-refractivity contribution in [2.24, 2.45) is 4.99 Å². The highest BCUT2D eigenvalue weighted by atomic mass is 127. The van der Waals surface area contributed by atoms with Gasteiger partial charge in [0.1, 0.15) is 0 Å². The second-order valence-corrected chi connectivity index (χ2v) is 6.35. The summed E-state index contributed by atoms with van der Waals surface area (Å²) in [4.78, 5) is 14.2. The fourth-order valence-corrected chi connectivity index (χ4v) is 2.91. The quantitative estimate of drug-likeness (QED) is 0.393. The Morgan fingerprint density at radius 2 is 2.08 bits per heavy atom. The van der Waals surface area contributed by atoms with Gasteiger partial charge in [0.05, 0.1) is 17.8 Å². The molecule has 0 spiro atoms. The van der Waals surface area contributed by atoms with Gasteiger partial charge in [0.2, 0.25) is 5.88 Å². The van der Waals surface area contributed by atoms with Gasteiger partial charge in [-0.25, -0.2) is 9.97 Å². The van der Waals surface area contributed by atoms with Crippen LogP contribution in [0.2, 0.25) is 0 Å². The van der Waals surface area contributed by atoms with Crippen LogP contribution in [0.3, 0.4) is 0 Å². The molecule has 8 heteroatoms. The van der Waals surface area contributed by atoms with E-state index in [2.05, 4.69) is 32.5 Å². The van der Waals surface area contributed by atoms with Crippen molar-refractivity contribution < 1.29 is 4.74 Å². The Balaban J connectivity index is 0.00000288. The smallest absolute Gasteiger partial charge is 0.212 e. The molecule has 0 unspecified atom stereocenters. The van der Waals surface area contributed by atoms with Crippen LogP contribution in [0.25, 0.3) is 0 Å². The molecule has 0 radical (unpaired) electrons. The third kappa shape index (κ3) is 6.23. The number of pyridine rings is 1. The van der Waals surface area contributed by atoms with Gasteiger partial charge in [-0.3, -0.25) is 4.99 Å². The van der Waals surface area contributed by atoms with E-state index >= 15 is 0 Å². The van der Waals surface area contributed by atoms with Crippen molar-refractivity contribution in [3.8, 4) is 5.88 Å². The van der Waals surface area contributed by atoms with Crippen LogP contribution in [0, 0.1) is 13.8 Å². The van der Waals surface area contributed by atoms with E-state index in [9.17, 15) is 0 Å². The van der Waals surface area contributed by atoms with E-state index in [4.69, 9.17) is 4.74 Å². The second-order valence-electron chi connectivity index (χ2n) is 5.06. The van der Waals surface area contributed by atoms with Crippen LogP contribution < -0.4 is 15.4 Å². The molecule has 2 heterocycles. The fourth-order valence-electron chi connectivity index (χ4n) is 1.98. The number of ether oxygens (including phenoxy) is 1. The van der Waals surface area contributed by atoms with Gasteiger partial charge in [0.15, 0.2) is 5.96 Å². The molecule has 0 bridgehead atoms. The topological polar surface area (TPSA) is 71.4 Å². The van der Waals surface area contributed by atoms with Gasteiger partial charge in [-0.2, -0.15) is 0 Å². The van der Waals surface area contributed by atoms with Crippen molar-refractivity contribution in [1.82, 2.24) is 20.6 Å². The fraction of sp³-hybridized carbons (Fsp3) is 0.438. The van der Waals surface area contributed by atoms with Crippen LogP contribution in [0.5, 0.6) is 5.88 Å². The molecular formula is C16H24IN5OS. The average molecular weight is 461 g/mol. The van der Waals surface area contributed by atoms with E-state index in [0.717, 1.165) is 35.2 Å². The average Bonchev–Trinajstić information content (AvgIpc) is 2.89. The molecule has 0 fully saturated rings. The van der Waals surface area contributed by atoms with E-state index in [1.54, 1.807) is 31.7 Å². The Kier molecular flexibility index (Phi) is 8.98. The van der Waals surface area contributed by atoms with Gasteiger partial charge in [-0.05, 0) is 19.4 Å². The third-order valence-electron chi connectivity index (χ3n) is 3.39. The minimum Gasteiger partial charge on any atom is -0.481 e. The predicted molar refractivity (Wildman–Crippen MR) is 110 cm³/mol. The lowest BCUT2D eigenvalue weighted by Crippen LogP contribution is -2.37. The minimum absolute atomic E-state index is 0. The summed E-state index contributed by atoms with van der Waals surface area (Å²) in [7, 11) is 3.37. The zero-order valence-electron chi connectivity index (χ0n) is 14.4. The maximum Gasteiger partial charge on any atom is 0.212 e. The number of methoxy groups -OCH3 is 1. The molecule has 2 aromatic heterocycles. The molecule has 2 rings (SSSR count). The highest BCUT2D eigenvalue weighted by Gasteiger charge is 2.04. The molecule has 0 aliphatic rings. The summed E-state index contributed by atoms with van der Waals surface area (Å²) in [5.41, 5.74) is 2.19. The second kappa shape index (κ2) is 10.4. The number of halogens is 1. The molecule has 24 heavy (non-hydrogen) atoms. The Labute approximate surface area is 164 Å². The number of nitrogens with zero attached hydrogens (tertiary/aromatic N) is 3. The third-order valence-corrected chi connectivity index (χ3v) is 4.53. The summed E-state index contributed by atoms with van der Waals surface area (Å²) in [6, 6.07) is 3.83. The Hall–Kier alpha value is -1.42. The Morgan fingerprint density at radius 3 is 2.62 bits per heavy atom. The van der Waals surface area contributed by atoms with Crippen LogP contribution in [0.4, 0.5) is 0 Å². The van der Waals surface area contributed by atoms with Gasteiger partial charge >= 0.3 is 0 Å². The van der Waals surface area contributed by atoms with Crippen molar-refractivity contribution >= 4 is 41.3 Å². The predicted octanol–water partition coefficient (Wildman–Crippen LogP) is 2.69. The molecule has 0 aliphatic heterocycles. The first-order valence-corrected chi connectivity index (χ1v) is 8.30. The molecule has 2 aromatic rings. The number of guanidine groups is 1. The van der Waals surface area contributed by atoms with E-state index in [1.807, 2.05) is 19.1 Å². The van der Waals surface area contributed by atoms with E-state index in [0.29, 0.717) is 12.4 Å². The van der Waals surface area contributed by atoms with Gasteiger partial charge in [0.25, 0.3) is 0 Å². The number of aromatic nitrogens is 2. The number of hydrogen-bond donors (Lipinski definition) is 2. The number of hydrogen-bond acceptors (Lipinski definition) is 5. The van der Waals surface area contributed by atoms with Gasteiger partial charge in [0, 0.05) is 43.7 Å². The first kappa shape index (κ1) is 20.6. The first-order valence-electron chi connectivity index (χ1n) is 7.48. The molecule has 0 saturated heterocycles. The number of nitrogens with one attached hydrogen (secondary N) is 2. The van der Waals surface area contributed by atoms with Crippen molar-refractivity contribution in [3.63, 3.8) is 0 Å². The summed E-state index contributed by atoms with van der Waals surface area (Å²) >= 11 is 1.76. The van der Waals surface area contributed by atoms with Crippen LogP contribution in [0.15, 0.2) is 23.3 Å². The highest BCUT2D eigenvalue weighted by molar-refractivity contribution is 14.0. The molecule has 132 valence electrons. The highest BCUT2D eigenvalue weighted by Crippen LogP contribution is 2.16. The molecule has 0 amide bonds. The maximum absolute atomic E-state index is 5.05. The summed E-state index contributed by atoms with van der Waals surface area (Å²) in [5.74, 6) is 1.39. The van der Waals surface area contributed by atoms with Crippen LogP contribution >= 0.6 is 35.3 Å². The molecule has 0 saturated carbocycles. The molecule has 2 N–H and O–H groups in total. The van der Waals surface area contributed by atoms with Crippen LogP contribution in [-0.4, -0.2) is 36.6 Å². The van der Waals surface area contributed by atoms with E-state index < -0.39 is 0 Å². The molecule has 0 aliphatic carbocycles. The standard InChI is InChI=1S/C16H23N5OS.HI/c1-11-12(2)23-15(21-11)7-8-18-16(17-3)20-10-13-5-6-14(22-4)19-9-13;/h5-6,9H,7-8,10H2,1-4H3,(H2,17,18,20);1H. The van der Waals surface area contributed by atoms with Crippen molar-refractivity contribution in [2.45, 2.75) is 26.8 Å². The lowest BCUT2D eigenvalue weighted by Gasteiger charge is -2.11. The van der Waals surface area contributed by atoms with E-state index in [-0.39, 0.29) is 24.0 Å². The van der Waals surface area contributed by atoms with Gasteiger partial charge in [-0.1, -0.05) is 6.07 Å². The van der Waals surface area contributed by atoms with E-state index in [1.165, 1.54) is 4.88 Å². The number of rotatable bonds is 6. The van der Waals surface area contributed by atoms with Crippen molar-refractivity contribution in [2.75, 3.05) is 20.7 Å². The van der Waals surface area contributed by atoms with Crippen LogP contribution in [0.1, 0.15) is 21.1 Å². The molecule has 0 aromatic carbocycles. The number of aliphatic imine (C=N–C) groups is 1.